The van der Waals surface area contributed by atoms with Gasteiger partial charge in [0.1, 0.15) is 11.4 Å². The van der Waals surface area contributed by atoms with Crippen LogP contribution in [0, 0.1) is 0 Å². The molecule has 44 heavy (non-hydrogen) atoms. The number of rotatable bonds is 9. The lowest BCUT2D eigenvalue weighted by atomic mass is 9.87. The van der Waals surface area contributed by atoms with Gasteiger partial charge in [-0.05, 0) is 78.7 Å². The molecule has 228 valence electrons. The maximum atomic E-state index is 12.4. The van der Waals surface area contributed by atoms with Gasteiger partial charge in [0.15, 0.2) is 6.61 Å². The molecule has 1 fully saturated rings. The lowest BCUT2D eigenvalue weighted by molar-refractivity contribution is -0.179. The summed E-state index contributed by atoms with van der Waals surface area (Å²) < 4.78 is 23.2. The predicted octanol–water partition coefficient (Wildman–Crippen LogP) is 7.77. The van der Waals surface area contributed by atoms with Crippen LogP contribution >= 0.6 is 11.3 Å². The van der Waals surface area contributed by atoms with E-state index < -0.39 is 11.8 Å². The third-order valence-electron chi connectivity index (χ3n) is 7.27. The van der Waals surface area contributed by atoms with Crippen LogP contribution in [0.1, 0.15) is 50.1 Å². The SMILES string of the molecule is CC(C)(C)OC(=O)ON1CCC(c2ccc(OCc3nc(-c4cccs4)no3)cc2)C(OCc2ccc3ccccc3c2)C1. The summed E-state index contributed by atoms with van der Waals surface area (Å²) in [5, 5.41) is 10.0. The van der Waals surface area contributed by atoms with Gasteiger partial charge < -0.3 is 23.6 Å². The lowest BCUT2D eigenvalue weighted by Crippen LogP contribution is -2.45. The van der Waals surface area contributed by atoms with Crippen molar-refractivity contribution < 1.29 is 28.4 Å². The van der Waals surface area contributed by atoms with Crippen molar-refractivity contribution in [2.24, 2.45) is 0 Å². The van der Waals surface area contributed by atoms with E-state index >= 15 is 0 Å². The summed E-state index contributed by atoms with van der Waals surface area (Å²) in [6, 6.07) is 26.5. The van der Waals surface area contributed by atoms with Crippen LogP contribution in [-0.2, 0) is 27.5 Å². The molecule has 6 rings (SSSR count). The number of hydrogen-bond acceptors (Lipinski definition) is 10. The van der Waals surface area contributed by atoms with E-state index in [9.17, 15) is 4.79 Å². The number of fused-ring (bicyclic) bond motifs is 1. The zero-order valence-electron chi connectivity index (χ0n) is 25.0. The molecule has 0 N–H and O–H groups in total. The van der Waals surface area contributed by atoms with Gasteiger partial charge >= 0.3 is 6.16 Å². The molecule has 2 atom stereocenters. The average Bonchev–Trinajstić information content (AvgIpc) is 3.71. The molecule has 1 aliphatic rings. The minimum Gasteiger partial charge on any atom is -0.484 e. The van der Waals surface area contributed by atoms with Gasteiger partial charge in [-0.1, -0.05) is 59.8 Å². The van der Waals surface area contributed by atoms with Crippen LogP contribution in [0.5, 0.6) is 5.75 Å². The summed E-state index contributed by atoms with van der Waals surface area (Å²) in [4.78, 5) is 23.3. The highest BCUT2D eigenvalue weighted by Crippen LogP contribution is 2.33. The molecular weight excluding hydrogens is 578 g/mol. The van der Waals surface area contributed by atoms with Gasteiger partial charge in [-0.15, -0.1) is 16.4 Å². The first kappa shape index (κ1) is 29.8. The van der Waals surface area contributed by atoms with Crippen LogP contribution in [0.15, 0.2) is 88.8 Å². The summed E-state index contributed by atoms with van der Waals surface area (Å²) in [5.74, 6) is 1.76. The first-order valence-electron chi connectivity index (χ1n) is 14.6. The molecule has 0 radical (unpaired) electrons. The van der Waals surface area contributed by atoms with Crippen molar-refractivity contribution in [3.05, 3.63) is 101 Å². The molecule has 3 aromatic carbocycles. The number of aromatic nitrogens is 2. The summed E-state index contributed by atoms with van der Waals surface area (Å²) >= 11 is 1.56. The van der Waals surface area contributed by atoms with Crippen molar-refractivity contribution in [3.63, 3.8) is 0 Å². The van der Waals surface area contributed by atoms with Crippen molar-refractivity contribution in [1.82, 2.24) is 15.2 Å². The van der Waals surface area contributed by atoms with E-state index in [0.29, 0.717) is 37.2 Å². The minimum atomic E-state index is -0.713. The van der Waals surface area contributed by atoms with Crippen LogP contribution in [-0.4, -0.2) is 46.2 Å². The molecule has 0 amide bonds. The number of nitrogens with zero attached hydrogens (tertiary/aromatic N) is 3. The van der Waals surface area contributed by atoms with Gasteiger partial charge in [0.25, 0.3) is 5.89 Å². The highest BCUT2D eigenvalue weighted by Gasteiger charge is 2.34. The van der Waals surface area contributed by atoms with Crippen LogP contribution in [0.2, 0.25) is 0 Å². The number of hydrogen-bond donors (Lipinski definition) is 0. The Kier molecular flexibility index (Phi) is 8.92. The Morgan fingerprint density at radius 3 is 2.59 bits per heavy atom. The molecule has 2 unspecified atom stereocenters. The molecule has 1 saturated heterocycles. The molecule has 0 saturated carbocycles. The molecule has 0 spiro atoms. The average molecular weight is 614 g/mol. The third kappa shape index (κ3) is 7.63. The Labute approximate surface area is 260 Å². The Hall–Kier alpha value is -4.25. The number of carbonyl (C=O) groups is 1. The van der Waals surface area contributed by atoms with Crippen molar-refractivity contribution >= 4 is 28.3 Å². The number of thiophene rings is 1. The van der Waals surface area contributed by atoms with Crippen molar-refractivity contribution in [1.29, 1.82) is 0 Å². The summed E-state index contributed by atoms with van der Waals surface area (Å²) in [6.07, 6.45) is -0.202. The lowest BCUT2D eigenvalue weighted by Gasteiger charge is -2.37. The monoisotopic (exact) mass is 613 g/mol. The first-order valence-corrected chi connectivity index (χ1v) is 15.5. The van der Waals surface area contributed by atoms with E-state index in [1.54, 1.807) is 16.4 Å². The molecule has 0 aliphatic carbocycles. The van der Waals surface area contributed by atoms with E-state index in [1.807, 2.05) is 62.5 Å². The van der Waals surface area contributed by atoms with E-state index in [-0.39, 0.29) is 18.6 Å². The zero-order chi connectivity index (χ0) is 30.5. The Morgan fingerprint density at radius 1 is 1.00 bits per heavy atom. The standard InChI is InChI=1S/C34H35N3O6S/c1-34(2,3)41-33(38)43-37-17-16-28(29(20-37)40-21-23-10-11-24-7-4-5-8-26(24)19-23)25-12-14-27(15-13-25)39-22-31-35-32(36-42-31)30-9-6-18-44-30/h4-15,18-19,28-29H,16-17,20-22H2,1-3H3. The normalized spacial score (nSPS) is 17.4. The maximum Gasteiger partial charge on any atom is 0.528 e. The third-order valence-corrected chi connectivity index (χ3v) is 8.14. The molecule has 10 heteroatoms. The second-order valence-electron chi connectivity index (χ2n) is 11.7. The van der Waals surface area contributed by atoms with Gasteiger partial charge in [0.05, 0.1) is 24.1 Å². The Balaban J connectivity index is 1.12. The zero-order valence-corrected chi connectivity index (χ0v) is 25.8. The number of benzene rings is 3. The molecule has 3 heterocycles. The smallest absolute Gasteiger partial charge is 0.484 e. The van der Waals surface area contributed by atoms with Crippen LogP contribution in [0.25, 0.3) is 21.5 Å². The highest BCUT2D eigenvalue weighted by atomic mass is 32.1. The Morgan fingerprint density at radius 2 is 1.82 bits per heavy atom. The second kappa shape index (κ2) is 13.2. The molecule has 0 bridgehead atoms. The van der Waals surface area contributed by atoms with E-state index in [0.717, 1.165) is 22.4 Å². The Bertz CT molecular complexity index is 1680. The summed E-state index contributed by atoms with van der Waals surface area (Å²) in [7, 11) is 0. The van der Waals surface area contributed by atoms with Crippen molar-refractivity contribution in [2.45, 2.75) is 58.0 Å². The van der Waals surface area contributed by atoms with Crippen LogP contribution in [0.3, 0.4) is 0 Å². The van der Waals surface area contributed by atoms with Crippen LogP contribution < -0.4 is 4.74 Å². The molecule has 5 aromatic rings. The van der Waals surface area contributed by atoms with Crippen molar-refractivity contribution in [2.75, 3.05) is 13.1 Å². The first-order chi connectivity index (χ1) is 21.3. The van der Waals surface area contributed by atoms with E-state index in [2.05, 4.69) is 52.6 Å². The fraction of sp³-hybridized carbons (Fsp3) is 0.324. The quantitative estimate of drug-likeness (QED) is 0.154. The second-order valence-corrected chi connectivity index (χ2v) is 12.7. The largest absolute Gasteiger partial charge is 0.528 e. The van der Waals surface area contributed by atoms with Crippen molar-refractivity contribution in [3.8, 4) is 16.5 Å². The van der Waals surface area contributed by atoms with E-state index in [4.69, 9.17) is 23.6 Å². The number of ether oxygens (including phenoxy) is 3. The molecule has 2 aromatic heterocycles. The van der Waals surface area contributed by atoms with Gasteiger partial charge in [0.2, 0.25) is 5.82 Å². The number of hydroxylamine groups is 2. The molecular formula is C34H35N3O6S. The molecule has 9 nitrogen and oxygen atoms in total. The number of carbonyl (C=O) groups excluding carboxylic acids is 1. The van der Waals surface area contributed by atoms with Crippen LogP contribution in [0.4, 0.5) is 4.79 Å². The van der Waals surface area contributed by atoms with Gasteiger partial charge in [0, 0.05) is 12.5 Å². The fourth-order valence-electron chi connectivity index (χ4n) is 5.20. The summed E-state index contributed by atoms with van der Waals surface area (Å²) in [5.41, 5.74) is 1.57. The highest BCUT2D eigenvalue weighted by molar-refractivity contribution is 7.13. The van der Waals surface area contributed by atoms with E-state index in [1.165, 1.54) is 10.8 Å². The molecule has 1 aliphatic heterocycles. The number of piperidine rings is 1. The van der Waals surface area contributed by atoms with Gasteiger partial charge in [-0.3, -0.25) is 0 Å². The fourth-order valence-corrected chi connectivity index (χ4v) is 5.85. The summed E-state index contributed by atoms with van der Waals surface area (Å²) in [6.45, 7) is 7.03. The predicted molar refractivity (Wildman–Crippen MR) is 167 cm³/mol. The topological polar surface area (TPSA) is 96.2 Å². The van der Waals surface area contributed by atoms with Gasteiger partial charge in [-0.2, -0.15) is 4.98 Å². The maximum absolute atomic E-state index is 12.4. The minimum absolute atomic E-state index is 0.0901. The van der Waals surface area contributed by atoms with Gasteiger partial charge in [-0.25, -0.2) is 4.79 Å².